The summed E-state index contributed by atoms with van der Waals surface area (Å²) in [7, 11) is -3.13. The monoisotopic (exact) mass is 815 g/mol. The van der Waals surface area contributed by atoms with Gasteiger partial charge in [0, 0.05) is 46.9 Å². The third kappa shape index (κ3) is 8.15. The predicted molar refractivity (Wildman–Crippen MR) is 222 cm³/mol. The van der Waals surface area contributed by atoms with Gasteiger partial charge in [-0.2, -0.15) is 0 Å². The molecule has 0 spiro atoms. The smallest absolute Gasteiger partial charge is 0.410 e. The molecule has 308 valence electrons. The van der Waals surface area contributed by atoms with Gasteiger partial charge < -0.3 is 23.8 Å². The van der Waals surface area contributed by atoms with E-state index in [1.54, 1.807) is 31.7 Å². The number of nitrogens with one attached hydrogen (secondary N) is 1. The van der Waals surface area contributed by atoms with E-state index in [0.29, 0.717) is 23.0 Å². The first-order valence-corrected chi connectivity index (χ1v) is 21.8. The Morgan fingerprint density at radius 3 is 1.98 bits per heavy atom. The number of benzene rings is 4. The van der Waals surface area contributed by atoms with Crippen molar-refractivity contribution in [1.82, 2.24) is 14.8 Å². The number of amides is 1. The van der Waals surface area contributed by atoms with Crippen molar-refractivity contribution in [3.8, 4) is 5.75 Å². The molecule has 1 fully saturated rings. The third-order valence-corrected chi connectivity index (χ3v) is 16.2. The third-order valence-electron chi connectivity index (χ3n) is 11.2. The molecule has 0 radical (unpaired) electrons. The van der Waals surface area contributed by atoms with Gasteiger partial charge in [0.05, 0.1) is 25.7 Å². The van der Waals surface area contributed by atoms with Gasteiger partial charge >= 0.3 is 6.09 Å². The summed E-state index contributed by atoms with van der Waals surface area (Å²) < 4.78 is 83.7. The second kappa shape index (κ2) is 15.5. The zero-order valence-electron chi connectivity index (χ0n) is 34.5. The van der Waals surface area contributed by atoms with Crippen LogP contribution in [-0.2, 0) is 15.6 Å². The Morgan fingerprint density at radius 1 is 0.845 bits per heavy atom. The normalized spacial score (nSPS) is 19.1. The number of aromatic amines is 1. The van der Waals surface area contributed by atoms with Gasteiger partial charge in [0.25, 0.3) is 8.32 Å². The number of H-pyrrole nitrogens is 1. The standard InChI is InChI=1S/C46H53F4N3O4Si/c1-29-21-36-35-22-30(47)19-20-39(35)51-41(36)42(40-37(48)23-31(24-38(40)49)56-32-25-52(26-32)43(54)57-44(2,3)4)53(29)27-46(8,50)28-55-58(45(5,6)7,33-15-11-9-12-16-33)34-17-13-10-14-18-34/h9-20,22-24,29,32,42,51H,21,25-28H2,1-8H3. The summed E-state index contributed by atoms with van der Waals surface area (Å²) in [5, 5.41) is 2.24. The lowest BCUT2D eigenvalue weighted by atomic mass is 9.87. The number of carbonyl (C=O) groups excluding carboxylic acids is 1. The van der Waals surface area contributed by atoms with Crippen LogP contribution in [0, 0.1) is 17.5 Å². The van der Waals surface area contributed by atoms with E-state index < -0.39 is 66.4 Å². The van der Waals surface area contributed by atoms with Crippen molar-refractivity contribution in [2.45, 2.75) is 96.3 Å². The molecule has 3 heterocycles. The summed E-state index contributed by atoms with van der Waals surface area (Å²) >= 11 is 0. The summed E-state index contributed by atoms with van der Waals surface area (Å²) in [5.41, 5.74) is -1.12. The molecule has 5 aromatic rings. The minimum absolute atomic E-state index is 0.0315. The maximum absolute atomic E-state index is 17.5. The number of halogens is 4. The van der Waals surface area contributed by atoms with Crippen LogP contribution in [0.4, 0.5) is 22.4 Å². The lowest BCUT2D eigenvalue weighted by molar-refractivity contribution is -0.0223. The van der Waals surface area contributed by atoms with E-state index in [-0.39, 0.29) is 37.6 Å². The Hall–Kier alpha value is -4.65. The Balaban J connectivity index is 1.22. The molecule has 3 atom stereocenters. The van der Waals surface area contributed by atoms with E-state index in [4.69, 9.17) is 13.9 Å². The van der Waals surface area contributed by atoms with E-state index in [1.807, 2.05) is 67.6 Å². The van der Waals surface area contributed by atoms with Gasteiger partial charge in [-0.1, -0.05) is 81.4 Å². The highest BCUT2D eigenvalue weighted by molar-refractivity contribution is 6.99. The van der Waals surface area contributed by atoms with Crippen molar-refractivity contribution in [3.05, 3.63) is 125 Å². The van der Waals surface area contributed by atoms with Crippen molar-refractivity contribution in [2.24, 2.45) is 0 Å². The van der Waals surface area contributed by atoms with E-state index in [2.05, 4.69) is 25.8 Å². The molecule has 12 heteroatoms. The molecule has 1 N–H and O–H groups in total. The molecule has 0 aliphatic carbocycles. The van der Waals surface area contributed by atoms with Crippen LogP contribution in [0.25, 0.3) is 10.9 Å². The van der Waals surface area contributed by atoms with Gasteiger partial charge in [0.1, 0.15) is 40.6 Å². The van der Waals surface area contributed by atoms with Crippen LogP contribution in [0.2, 0.25) is 5.04 Å². The predicted octanol–water partition coefficient (Wildman–Crippen LogP) is 9.22. The number of hydrogen-bond acceptors (Lipinski definition) is 5. The molecule has 1 amide bonds. The lowest BCUT2D eigenvalue weighted by Gasteiger charge is -2.46. The van der Waals surface area contributed by atoms with Gasteiger partial charge in [0.2, 0.25) is 0 Å². The van der Waals surface area contributed by atoms with Crippen molar-refractivity contribution in [1.29, 1.82) is 0 Å². The fourth-order valence-corrected chi connectivity index (χ4v) is 13.3. The number of aromatic nitrogens is 1. The topological polar surface area (TPSA) is 67.0 Å². The Bertz CT molecular complexity index is 2200. The number of ether oxygens (including phenoxy) is 2. The van der Waals surface area contributed by atoms with Crippen LogP contribution < -0.4 is 15.1 Å². The number of likely N-dealkylation sites (tertiary alicyclic amines) is 1. The van der Waals surface area contributed by atoms with Gasteiger partial charge in [-0.3, -0.25) is 4.90 Å². The van der Waals surface area contributed by atoms with Crippen molar-refractivity contribution >= 4 is 35.7 Å². The number of alkyl halides is 1. The second-order valence-electron chi connectivity index (χ2n) is 18.1. The molecule has 7 nitrogen and oxygen atoms in total. The Kier molecular flexibility index (Phi) is 11.1. The molecule has 1 saturated heterocycles. The molecule has 3 unspecified atom stereocenters. The van der Waals surface area contributed by atoms with Crippen LogP contribution in [0.15, 0.2) is 91.0 Å². The number of fused-ring (bicyclic) bond motifs is 3. The number of hydrogen-bond donors (Lipinski definition) is 1. The minimum Gasteiger partial charge on any atom is -0.487 e. The molecule has 0 bridgehead atoms. The largest absolute Gasteiger partial charge is 0.487 e. The molecule has 2 aliphatic rings. The number of carbonyl (C=O) groups is 1. The Morgan fingerprint density at radius 2 is 1.43 bits per heavy atom. The van der Waals surface area contributed by atoms with Crippen molar-refractivity contribution in [2.75, 3.05) is 26.2 Å². The summed E-state index contributed by atoms with van der Waals surface area (Å²) in [6.07, 6.45) is -0.583. The lowest BCUT2D eigenvalue weighted by Crippen LogP contribution is -2.67. The van der Waals surface area contributed by atoms with Crippen LogP contribution in [0.1, 0.15) is 78.3 Å². The van der Waals surface area contributed by atoms with Crippen LogP contribution in [0.5, 0.6) is 5.75 Å². The average molecular weight is 816 g/mol. The van der Waals surface area contributed by atoms with Crippen LogP contribution in [0.3, 0.4) is 0 Å². The van der Waals surface area contributed by atoms with Crippen LogP contribution in [-0.4, -0.2) is 78.9 Å². The molecular formula is C46H53F4N3O4Si. The highest BCUT2D eigenvalue weighted by Crippen LogP contribution is 2.45. The first-order valence-electron chi connectivity index (χ1n) is 19.9. The fraction of sp³-hybridized carbons (Fsp3) is 0.413. The average Bonchev–Trinajstić information content (AvgIpc) is 3.47. The highest BCUT2D eigenvalue weighted by atomic mass is 28.4. The van der Waals surface area contributed by atoms with Gasteiger partial charge in [-0.05, 0) is 80.2 Å². The van der Waals surface area contributed by atoms with Gasteiger partial charge in [-0.15, -0.1) is 0 Å². The molecule has 0 saturated carbocycles. The summed E-state index contributed by atoms with van der Waals surface area (Å²) in [5.74, 6) is -2.21. The number of nitrogens with zero attached hydrogens (tertiary/aromatic N) is 2. The SMILES string of the molecule is CC1Cc2c([nH]c3ccc(F)cc23)C(c2c(F)cc(OC3CN(C(=O)OC(C)(C)C)C3)cc2F)N1CC(C)(F)CO[Si](c1ccccc1)(c1ccccc1)C(C)(C)C. The van der Waals surface area contributed by atoms with E-state index >= 15 is 13.2 Å². The quantitative estimate of drug-likeness (QED) is 0.113. The molecule has 4 aromatic carbocycles. The Labute approximate surface area is 339 Å². The van der Waals surface area contributed by atoms with E-state index in [0.717, 1.165) is 28.1 Å². The second-order valence-corrected chi connectivity index (χ2v) is 22.4. The molecular weight excluding hydrogens is 763 g/mol. The zero-order chi connectivity index (χ0) is 41.8. The zero-order valence-corrected chi connectivity index (χ0v) is 35.5. The first-order chi connectivity index (χ1) is 27.3. The summed E-state index contributed by atoms with van der Waals surface area (Å²) in [4.78, 5) is 19.0. The highest BCUT2D eigenvalue weighted by Gasteiger charge is 2.52. The fourth-order valence-electron chi connectivity index (χ4n) is 8.60. The van der Waals surface area contributed by atoms with E-state index in [1.165, 1.54) is 24.0 Å². The van der Waals surface area contributed by atoms with Gasteiger partial charge in [-0.25, -0.2) is 22.4 Å². The maximum Gasteiger partial charge on any atom is 0.410 e. The summed E-state index contributed by atoms with van der Waals surface area (Å²) in [6.45, 7) is 15.0. The van der Waals surface area contributed by atoms with Gasteiger partial charge in [0.15, 0.2) is 0 Å². The summed E-state index contributed by atoms with van der Waals surface area (Å²) in [6, 6.07) is 25.1. The molecule has 7 rings (SSSR count). The maximum atomic E-state index is 17.5. The first kappa shape index (κ1) is 41.5. The molecule has 58 heavy (non-hydrogen) atoms. The van der Waals surface area contributed by atoms with Crippen LogP contribution >= 0.6 is 0 Å². The van der Waals surface area contributed by atoms with Crippen molar-refractivity contribution in [3.63, 3.8) is 0 Å². The van der Waals surface area contributed by atoms with Crippen molar-refractivity contribution < 1.29 is 36.3 Å². The number of rotatable bonds is 10. The molecule has 2 aliphatic heterocycles. The van der Waals surface area contributed by atoms with E-state index in [9.17, 15) is 9.18 Å². The molecule has 1 aromatic heterocycles. The minimum atomic E-state index is -3.13.